The van der Waals surface area contributed by atoms with Gasteiger partial charge in [0.25, 0.3) is 0 Å². The summed E-state index contributed by atoms with van der Waals surface area (Å²) in [7, 11) is 0. The van der Waals surface area contributed by atoms with Gasteiger partial charge in [-0.2, -0.15) is 0 Å². The molecule has 28 heavy (non-hydrogen) atoms. The van der Waals surface area contributed by atoms with E-state index in [-0.39, 0.29) is 37.8 Å². The molecule has 0 aliphatic carbocycles. The van der Waals surface area contributed by atoms with Crippen molar-refractivity contribution in [2.75, 3.05) is 0 Å². The molecule has 3 rings (SSSR count). The van der Waals surface area contributed by atoms with Gasteiger partial charge in [0, 0.05) is 0 Å². The van der Waals surface area contributed by atoms with Crippen LogP contribution in [0.5, 0.6) is 0 Å². The number of hydrogen-bond acceptors (Lipinski definition) is 6. The van der Waals surface area contributed by atoms with Crippen LogP contribution in [-0.4, -0.2) is 17.9 Å². The van der Waals surface area contributed by atoms with Crippen molar-refractivity contribution in [3.63, 3.8) is 0 Å². The molecule has 0 aliphatic heterocycles. The molecule has 0 saturated heterocycles. The molecule has 0 fully saturated rings. The van der Waals surface area contributed by atoms with E-state index in [9.17, 15) is 29.7 Å². The molecule has 0 aliphatic rings. The number of carbonyl (C=O) groups is 3. The van der Waals surface area contributed by atoms with Crippen LogP contribution in [0.15, 0.2) is 91.0 Å². The summed E-state index contributed by atoms with van der Waals surface area (Å²) in [4.78, 5) is 30.3. The average molecular weight is 459 g/mol. The fourth-order valence-corrected chi connectivity index (χ4v) is 1.72. The van der Waals surface area contributed by atoms with Crippen LogP contribution in [0.25, 0.3) is 0 Å². The molecular formula is C21H15MoO6. The third-order valence-electron chi connectivity index (χ3n) is 3.03. The maximum atomic E-state index is 10.1. The van der Waals surface area contributed by atoms with E-state index in [2.05, 4.69) is 0 Å². The Morgan fingerprint density at radius 3 is 0.714 bits per heavy atom. The Labute approximate surface area is 176 Å². The summed E-state index contributed by atoms with van der Waals surface area (Å²) >= 11 is 0. The van der Waals surface area contributed by atoms with Crippen molar-refractivity contribution in [1.29, 1.82) is 0 Å². The van der Waals surface area contributed by atoms with Crippen LogP contribution in [0.4, 0.5) is 0 Å². The van der Waals surface area contributed by atoms with Crippen LogP contribution in [0.2, 0.25) is 0 Å². The molecule has 0 heterocycles. The summed E-state index contributed by atoms with van der Waals surface area (Å²) in [5.41, 5.74) is 0.660. The number of hydrogen-bond donors (Lipinski definition) is 0. The van der Waals surface area contributed by atoms with E-state index < -0.39 is 17.9 Å². The fraction of sp³-hybridized carbons (Fsp3) is 0. The van der Waals surface area contributed by atoms with Crippen molar-refractivity contribution in [3.8, 4) is 0 Å². The average Bonchev–Trinajstić information content (AvgIpc) is 2.71. The summed E-state index contributed by atoms with van der Waals surface area (Å²) in [6, 6.07) is 24.2. The zero-order valence-corrected chi connectivity index (χ0v) is 16.5. The molecule has 1 radical (unpaired) electrons. The van der Waals surface area contributed by atoms with Crippen LogP contribution >= 0.6 is 0 Å². The number of carboxylic acids is 3. The van der Waals surface area contributed by atoms with Crippen LogP contribution < -0.4 is 15.3 Å². The Bertz CT molecular complexity index is 734. The van der Waals surface area contributed by atoms with Gasteiger partial charge in [0.15, 0.2) is 0 Å². The minimum atomic E-state index is -1.13. The first kappa shape index (κ1) is 24.8. The maximum absolute atomic E-state index is 10.1. The van der Waals surface area contributed by atoms with E-state index >= 15 is 0 Å². The second kappa shape index (κ2) is 13.9. The molecule has 0 atom stereocenters. The molecule has 0 amide bonds. The number of rotatable bonds is 3. The Morgan fingerprint density at radius 1 is 0.429 bits per heavy atom. The largest absolute Gasteiger partial charge is 3.00 e. The van der Waals surface area contributed by atoms with Gasteiger partial charge >= 0.3 is 21.1 Å². The normalized spacial score (nSPS) is 8.57. The predicted octanol–water partition coefficient (Wildman–Crippen LogP) is 0.148. The van der Waals surface area contributed by atoms with Crippen LogP contribution in [0.3, 0.4) is 0 Å². The van der Waals surface area contributed by atoms with Gasteiger partial charge < -0.3 is 29.7 Å². The molecule has 3 aromatic carbocycles. The predicted molar refractivity (Wildman–Crippen MR) is 92.3 cm³/mol. The van der Waals surface area contributed by atoms with E-state index in [1.54, 1.807) is 54.6 Å². The van der Waals surface area contributed by atoms with Crippen LogP contribution in [-0.2, 0) is 21.1 Å². The second-order valence-electron chi connectivity index (χ2n) is 4.96. The van der Waals surface area contributed by atoms with E-state index in [0.29, 0.717) is 0 Å². The number of carboxylic acid groups (broad SMARTS) is 3. The van der Waals surface area contributed by atoms with Gasteiger partial charge in [0.1, 0.15) is 0 Å². The van der Waals surface area contributed by atoms with Gasteiger partial charge in [0.05, 0.1) is 17.9 Å². The van der Waals surface area contributed by atoms with Crippen molar-refractivity contribution in [3.05, 3.63) is 108 Å². The number of aromatic carboxylic acids is 3. The van der Waals surface area contributed by atoms with Crippen LogP contribution in [0, 0.1) is 0 Å². The number of benzene rings is 3. The fourth-order valence-electron chi connectivity index (χ4n) is 1.72. The first-order valence-electron chi connectivity index (χ1n) is 7.71. The van der Waals surface area contributed by atoms with E-state index in [4.69, 9.17) is 0 Å². The molecule has 0 spiro atoms. The minimum Gasteiger partial charge on any atom is -0.545 e. The molecular weight excluding hydrogens is 444 g/mol. The third-order valence-corrected chi connectivity index (χ3v) is 3.03. The van der Waals surface area contributed by atoms with Crippen molar-refractivity contribution < 1.29 is 50.8 Å². The Balaban J connectivity index is 0.000000384. The molecule has 141 valence electrons. The van der Waals surface area contributed by atoms with E-state index in [0.717, 1.165) is 0 Å². The van der Waals surface area contributed by atoms with Gasteiger partial charge in [-0.1, -0.05) is 91.0 Å². The molecule has 7 heteroatoms. The standard InChI is InChI=1S/3C7H6O2.Mo/c3*8-7(9)6-4-2-1-3-5-6;/h3*1-5H,(H,8,9);/q;;;+3/p-3. The van der Waals surface area contributed by atoms with E-state index in [1.165, 1.54) is 36.4 Å². The zero-order valence-electron chi connectivity index (χ0n) is 14.5. The molecule has 3 aromatic rings. The topological polar surface area (TPSA) is 120 Å². The van der Waals surface area contributed by atoms with Crippen molar-refractivity contribution in [2.45, 2.75) is 0 Å². The van der Waals surface area contributed by atoms with Crippen molar-refractivity contribution in [2.24, 2.45) is 0 Å². The Morgan fingerprint density at radius 2 is 0.607 bits per heavy atom. The molecule has 0 saturated carbocycles. The monoisotopic (exact) mass is 461 g/mol. The molecule has 6 nitrogen and oxygen atoms in total. The molecule has 0 aromatic heterocycles. The molecule has 0 bridgehead atoms. The summed E-state index contributed by atoms with van der Waals surface area (Å²) in [5.74, 6) is -3.39. The first-order valence-corrected chi connectivity index (χ1v) is 7.71. The second-order valence-corrected chi connectivity index (χ2v) is 4.96. The smallest absolute Gasteiger partial charge is 0.545 e. The van der Waals surface area contributed by atoms with Gasteiger partial charge in [-0.3, -0.25) is 0 Å². The van der Waals surface area contributed by atoms with Gasteiger partial charge in [-0.25, -0.2) is 0 Å². The Kier molecular flexibility index (Phi) is 12.3. The number of carbonyl (C=O) groups excluding carboxylic acids is 3. The molecule has 0 N–H and O–H groups in total. The minimum absolute atomic E-state index is 0. The zero-order chi connectivity index (χ0) is 20.1. The SMILES string of the molecule is O=C([O-])c1ccccc1.O=C([O-])c1ccccc1.O=C([O-])c1ccccc1.[Mo+3]. The Hall–Kier alpha value is -3.24. The van der Waals surface area contributed by atoms with Gasteiger partial charge in [-0.05, 0) is 16.7 Å². The van der Waals surface area contributed by atoms with Crippen molar-refractivity contribution >= 4 is 17.9 Å². The summed E-state index contributed by atoms with van der Waals surface area (Å²) < 4.78 is 0. The van der Waals surface area contributed by atoms with Crippen molar-refractivity contribution in [1.82, 2.24) is 0 Å². The maximum Gasteiger partial charge on any atom is 3.00 e. The summed E-state index contributed by atoms with van der Waals surface area (Å²) in [6.45, 7) is 0. The van der Waals surface area contributed by atoms with E-state index in [1.807, 2.05) is 0 Å². The quantitative estimate of drug-likeness (QED) is 0.515. The van der Waals surface area contributed by atoms with Gasteiger partial charge in [0.2, 0.25) is 0 Å². The molecule has 0 unspecified atom stereocenters. The summed E-state index contributed by atoms with van der Waals surface area (Å²) in [5, 5.41) is 30.3. The van der Waals surface area contributed by atoms with Gasteiger partial charge in [-0.15, -0.1) is 0 Å². The third kappa shape index (κ3) is 10.0. The first-order chi connectivity index (χ1) is 12.9. The van der Waals surface area contributed by atoms with Crippen LogP contribution in [0.1, 0.15) is 31.1 Å². The summed E-state index contributed by atoms with van der Waals surface area (Å²) in [6.07, 6.45) is 0.